The summed E-state index contributed by atoms with van der Waals surface area (Å²) in [6.45, 7) is 6.42. The predicted octanol–water partition coefficient (Wildman–Crippen LogP) is 0.975. The highest BCUT2D eigenvalue weighted by Gasteiger charge is 2.37. The van der Waals surface area contributed by atoms with Crippen molar-refractivity contribution in [3.63, 3.8) is 0 Å². The van der Waals surface area contributed by atoms with Crippen LogP contribution in [0.5, 0.6) is 0 Å². The summed E-state index contributed by atoms with van der Waals surface area (Å²) in [6.07, 6.45) is 2.06. The lowest BCUT2D eigenvalue weighted by molar-refractivity contribution is -0.137. The molecule has 20 heavy (non-hydrogen) atoms. The number of nitrogens with zero attached hydrogens (tertiary/aromatic N) is 2. The van der Waals surface area contributed by atoms with E-state index in [2.05, 4.69) is 31.1 Å². The van der Waals surface area contributed by atoms with E-state index in [1.807, 2.05) is 0 Å². The molecule has 0 radical (unpaired) electrons. The van der Waals surface area contributed by atoms with E-state index in [0.717, 1.165) is 19.4 Å². The normalized spacial score (nSPS) is 24.2. The van der Waals surface area contributed by atoms with Gasteiger partial charge in [0.1, 0.15) is 0 Å². The molecule has 2 rings (SSSR count). The van der Waals surface area contributed by atoms with Crippen molar-refractivity contribution in [1.82, 2.24) is 15.1 Å². The van der Waals surface area contributed by atoms with Gasteiger partial charge in [0, 0.05) is 31.2 Å². The first-order valence-corrected chi connectivity index (χ1v) is 7.28. The molecule has 2 N–H and O–H groups in total. The first kappa shape index (κ1) is 15.1. The van der Waals surface area contributed by atoms with Crippen LogP contribution in [0.4, 0.5) is 4.79 Å². The highest BCUT2D eigenvalue weighted by Crippen LogP contribution is 2.34. The number of urea groups is 1. The zero-order valence-corrected chi connectivity index (χ0v) is 12.6. The van der Waals surface area contributed by atoms with Crippen LogP contribution in [0.1, 0.15) is 33.1 Å². The highest BCUT2D eigenvalue weighted by molar-refractivity contribution is 5.76. The van der Waals surface area contributed by atoms with E-state index in [0.29, 0.717) is 19.0 Å². The Morgan fingerprint density at radius 1 is 1.35 bits per heavy atom. The average Bonchev–Trinajstić information content (AvgIpc) is 3.15. The van der Waals surface area contributed by atoms with Crippen LogP contribution in [-0.2, 0) is 4.79 Å². The molecule has 0 bridgehead atoms. The van der Waals surface area contributed by atoms with Crippen LogP contribution >= 0.6 is 0 Å². The molecule has 1 heterocycles. The summed E-state index contributed by atoms with van der Waals surface area (Å²) in [5.41, 5.74) is -0.0442. The molecule has 6 heteroatoms. The van der Waals surface area contributed by atoms with Crippen LogP contribution in [-0.4, -0.2) is 65.2 Å². The third-order valence-corrected chi connectivity index (χ3v) is 4.50. The first-order valence-electron chi connectivity index (χ1n) is 7.28. The molecular weight excluding hydrogens is 258 g/mol. The lowest BCUT2D eigenvalue weighted by atomic mass is 10.00. The summed E-state index contributed by atoms with van der Waals surface area (Å²) in [5.74, 6) is -0.503. The predicted molar refractivity (Wildman–Crippen MR) is 75.6 cm³/mol. The van der Waals surface area contributed by atoms with Gasteiger partial charge in [0.15, 0.2) is 0 Å². The number of likely N-dealkylation sites (N-methyl/N-ethyl adjacent to an activating group) is 1. The third kappa shape index (κ3) is 3.62. The molecule has 0 spiro atoms. The van der Waals surface area contributed by atoms with Crippen LogP contribution in [0.25, 0.3) is 0 Å². The summed E-state index contributed by atoms with van der Waals surface area (Å²) in [7, 11) is 2.06. The SMILES string of the molecule is CN1CCN(C(=O)NC(CC(=O)O)C2CC2)CC1(C)C. The Morgan fingerprint density at radius 2 is 2.00 bits per heavy atom. The Balaban J connectivity index is 1.91. The number of aliphatic carboxylic acids is 1. The molecule has 1 saturated heterocycles. The second-order valence-electron chi connectivity index (χ2n) is 6.65. The zero-order chi connectivity index (χ0) is 14.9. The number of carbonyl (C=O) groups is 2. The molecule has 2 fully saturated rings. The molecule has 0 aromatic heterocycles. The van der Waals surface area contributed by atoms with Gasteiger partial charge in [-0.3, -0.25) is 9.69 Å². The minimum atomic E-state index is -0.846. The van der Waals surface area contributed by atoms with E-state index < -0.39 is 5.97 Å². The maximum absolute atomic E-state index is 12.3. The van der Waals surface area contributed by atoms with Gasteiger partial charge in [0.25, 0.3) is 0 Å². The van der Waals surface area contributed by atoms with Gasteiger partial charge in [-0.1, -0.05) is 0 Å². The topological polar surface area (TPSA) is 72.9 Å². The molecular formula is C14H25N3O3. The van der Waals surface area contributed by atoms with Crippen molar-refractivity contribution in [2.75, 3.05) is 26.7 Å². The minimum Gasteiger partial charge on any atom is -0.481 e. The van der Waals surface area contributed by atoms with Gasteiger partial charge in [-0.25, -0.2) is 4.79 Å². The Kier molecular flexibility index (Phi) is 4.22. The number of nitrogens with one attached hydrogen (secondary N) is 1. The number of amides is 2. The Morgan fingerprint density at radius 3 is 2.50 bits per heavy atom. The number of carboxylic acid groups (broad SMARTS) is 1. The van der Waals surface area contributed by atoms with Crippen LogP contribution in [0, 0.1) is 5.92 Å². The quantitative estimate of drug-likeness (QED) is 0.806. The lowest BCUT2D eigenvalue weighted by Crippen LogP contribution is -2.61. The molecule has 1 unspecified atom stereocenters. The van der Waals surface area contributed by atoms with Crippen molar-refractivity contribution in [3.8, 4) is 0 Å². The smallest absolute Gasteiger partial charge is 0.317 e. The Labute approximate surface area is 120 Å². The van der Waals surface area contributed by atoms with Gasteiger partial charge in [-0.2, -0.15) is 0 Å². The maximum Gasteiger partial charge on any atom is 0.317 e. The van der Waals surface area contributed by atoms with Gasteiger partial charge < -0.3 is 15.3 Å². The van der Waals surface area contributed by atoms with E-state index in [9.17, 15) is 9.59 Å². The summed E-state index contributed by atoms with van der Waals surface area (Å²) < 4.78 is 0. The fraction of sp³-hybridized carbons (Fsp3) is 0.857. The van der Waals surface area contributed by atoms with Crippen molar-refractivity contribution in [2.45, 2.75) is 44.7 Å². The van der Waals surface area contributed by atoms with Crippen molar-refractivity contribution in [3.05, 3.63) is 0 Å². The number of hydrogen-bond donors (Lipinski definition) is 2. The third-order valence-electron chi connectivity index (χ3n) is 4.50. The van der Waals surface area contributed by atoms with E-state index >= 15 is 0 Å². The van der Waals surface area contributed by atoms with Crippen LogP contribution in [0.15, 0.2) is 0 Å². The standard InChI is InChI=1S/C14H25N3O3/c1-14(2)9-17(7-6-16(14)3)13(20)15-11(8-12(18)19)10-4-5-10/h10-11H,4-9H2,1-3H3,(H,15,20)(H,18,19). The van der Waals surface area contributed by atoms with Gasteiger partial charge in [0.2, 0.25) is 0 Å². The molecule has 2 amide bonds. The van der Waals surface area contributed by atoms with E-state index in [4.69, 9.17) is 5.11 Å². The van der Waals surface area contributed by atoms with E-state index in [1.54, 1.807) is 4.90 Å². The molecule has 2 aliphatic rings. The summed E-state index contributed by atoms with van der Waals surface area (Å²) in [5, 5.41) is 11.9. The van der Waals surface area contributed by atoms with Gasteiger partial charge >= 0.3 is 12.0 Å². The summed E-state index contributed by atoms with van der Waals surface area (Å²) in [6, 6.07) is -0.341. The number of piperazine rings is 1. The fourth-order valence-corrected chi connectivity index (χ4v) is 2.69. The van der Waals surface area contributed by atoms with E-state index in [-0.39, 0.29) is 24.0 Å². The second-order valence-corrected chi connectivity index (χ2v) is 6.65. The second kappa shape index (κ2) is 5.60. The highest BCUT2D eigenvalue weighted by atomic mass is 16.4. The molecule has 1 aliphatic heterocycles. The van der Waals surface area contributed by atoms with Crippen molar-refractivity contribution in [2.24, 2.45) is 5.92 Å². The Hall–Kier alpha value is -1.30. The summed E-state index contributed by atoms with van der Waals surface area (Å²) >= 11 is 0. The summed E-state index contributed by atoms with van der Waals surface area (Å²) in [4.78, 5) is 27.2. The van der Waals surface area contributed by atoms with Gasteiger partial charge in [-0.05, 0) is 39.7 Å². The molecule has 1 aliphatic carbocycles. The van der Waals surface area contributed by atoms with Gasteiger partial charge in [0.05, 0.1) is 6.42 Å². The molecule has 1 saturated carbocycles. The lowest BCUT2D eigenvalue weighted by Gasteiger charge is -2.45. The molecule has 114 valence electrons. The molecule has 6 nitrogen and oxygen atoms in total. The maximum atomic E-state index is 12.3. The van der Waals surface area contributed by atoms with Crippen molar-refractivity contribution in [1.29, 1.82) is 0 Å². The zero-order valence-electron chi connectivity index (χ0n) is 12.6. The van der Waals surface area contributed by atoms with E-state index in [1.165, 1.54) is 0 Å². The number of carboxylic acids is 1. The molecule has 0 aromatic carbocycles. The largest absolute Gasteiger partial charge is 0.481 e. The first-order chi connectivity index (χ1) is 9.29. The van der Waals surface area contributed by atoms with Crippen LogP contribution < -0.4 is 5.32 Å². The fourth-order valence-electron chi connectivity index (χ4n) is 2.69. The molecule has 0 aromatic rings. The number of hydrogen-bond acceptors (Lipinski definition) is 3. The molecule has 1 atom stereocenters. The number of rotatable bonds is 4. The van der Waals surface area contributed by atoms with Crippen LogP contribution in [0.2, 0.25) is 0 Å². The monoisotopic (exact) mass is 283 g/mol. The van der Waals surface area contributed by atoms with Gasteiger partial charge in [-0.15, -0.1) is 0 Å². The Bertz CT molecular complexity index is 393. The number of carbonyl (C=O) groups excluding carboxylic acids is 1. The van der Waals surface area contributed by atoms with Crippen molar-refractivity contribution < 1.29 is 14.7 Å². The minimum absolute atomic E-state index is 0.0214. The van der Waals surface area contributed by atoms with Crippen molar-refractivity contribution >= 4 is 12.0 Å². The average molecular weight is 283 g/mol. The van der Waals surface area contributed by atoms with Crippen LogP contribution in [0.3, 0.4) is 0 Å².